The summed E-state index contributed by atoms with van der Waals surface area (Å²) in [4.78, 5) is 14.9. The average Bonchev–Trinajstić information content (AvgIpc) is 3.18. The van der Waals surface area contributed by atoms with Crippen LogP contribution >= 0.6 is 23.4 Å². The molecule has 1 fully saturated rings. The summed E-state index contributed by atoms with van der Waals surface area (Å²) in [6.07, 6.45) is 3.78. The van der Waals surface area contributed by atoms with E-state index in [0.717, 1.165) is 36.2 Å². The Labute approximate surface area is 198 Å². The Balaban J connectivity index is 1.40. The van der Waals surface area contributed by atoms with Crippen LogP contribution in [0.25, 0.3) is 0 Å². The highest BCUT2D eigenvalue weighted by Crippen LogP contribution is 2.21. The van der Waals surface area contributed by atoms with Crippen LogP contribution in [0.5, 0.6) is 0 Å². The Morgan fingerprint density at radius 3 is 2.53 bits per heavy atom. The standard InChI is InChI=1S/C24H28ClN5OS/c25-21-11-7-10-20(14-21)15-26-23(31)18-32-24-28-27-22(17-29-12-5-2-6-13-29)30(24)16-19-8-3-1-4-9-19/h1,3-4,7-11,14H,2,5-6,12-13,15-18H2,(H,26,31). The van der Waals surface area contributed by atoms with E-state index in [9.17, 15) is 4.79 Å². The van der Waals surface area contributed by atoms with Crippen molar-refractivity contribution in [1.82, 2.24) is 25.0 Å². The van der Waals surface area contributed by atoms with Gasteiger partial charge in [-0.2, -0.15) is 0 Å². The van der Waals surface area contributed by atoms with Crippen molar-refractivity contribution in [3.8, 4) is 0 Å². The Kier molecular flexibility index (Phi) is 8.20. The molecule has 0 unspecified atom stereocenters. The number of likely N-dealkylation sites (tertiary alicyclic amines) is 1. The van der Waals surface area contributed by atoms with E-state index in [1.54, 1.807) is 0 Å². The van der Waals surface area contributed by atoms with Gasteiger partial charge in [-0.05, 0) is 49.2 Å². The van der Waals surface area contributed by atoms with Gasteiger partial charge in [-0.3, -0.25) is 9.69 Å². The number of aromatic nitrogens is 3. The molecule has 1 aliphatic rings. The largest absolute Gasteiger partial charge is 0.351 e. The number of hydrogen-bond acceptors (Lipinski definition) is 5. The molecule has 0 atom stereocenters. The zero-order valence-corrected chi connectivity index (χ0v) is 19.6. The van der Waals surface area contributed by atoms with Crippen LogP contribution in [0.15, 0.2) is 59.8 Å². The molecule has 4 rings (SSSR count). The summed E-state index contributed by atoms with van der Waals surface area (Å²) >= 11 is 7.45. The first kappa shape index (κ1) is 22.8. The number of piperidine rings is 1. The van der Waals surface area contributed by atoms with Crippen LogP contribution < -0.4 is 5.32 Å². The Bertz CT molecular complexity index is 1020. The molecule has 1 amide bonds. The molecule has 0 bridgehead atoms. The van der Waals surface area contributed by atoms with Crippen molar-refractivity contribution in [2.45, 2.75) is 44.1 Å². The van der Waals surface area contributed by atoms with Gasteiger partial charge in [0.2, 0.25) is 5.91 Å². The smallest absolute Gasteiger partial charge is 0.230 e. The van der Waals surface area contributed by atoms with Crippen molar-refractivity contribution < 1.29 is 4.79 Å². The number of benzene rings is 2. The van der Waals surface area contributed by atoms with Crippen LogP contribution in [-0.2, 0) is 24.4 Å². The maximum Gasteiger partial charge on any atom is 0.230 e. The molecule has 6 nitrogen and oxygen atoms in total. The van der Waals surface area contributed by atoms with Crippen LogP contribution in [-0.4, -0.2) is 44.4 Å². The average molecular weight is 470 g/mol. The third kappa shape index (κ3) is 6.58. The van der Waals surface area contributed by atoms with E-state index in [0.29, 0.717) is 18.1 Å². The number of carbonyl (C=O) groups excluding carboxylic acids is 1. The Hall–Kier alpha value is -2.35. The van der Waals surface area contributed by atoms with Gasteiger partial charge >= 0.3 is 0 Å². The van der Waals surface area contributed by atoms with E-state index in [-0.39, 0.29) is 11.7 Å². The monoisotopic (exact) mass is 469 g/mol. The number of hydrogen-bond donors (Lipinski definition) is 1. The zero-order chi connectivity index (χ0) is 22.2. The fourth-order valence-electron chi connectivity index (χ4n) is 3.81. The molecule has 0 radical (unpaired) electrons. The molecule has 3 aromatic rings. The number of thioether (sulfide) groups is 1. The number of halogens is 1. The van der Waals surface area contributed by atoms with Crippen LogP contribution in [0.4, 0.5) is 0 Å². The molecule has 0 spiro atoms. The molecule has 2 aromatic carbocycles. The highest BCUT2D eigenvalue weighted by Gasteiger charge is 2.18. The molecule has 1 saturated heterocycles. The number of amides is 1. The first-order valence-electron chi connectivity index (χ1n) is 11.0. The minimum atomic E-state index is -0.0400. The van der Waals surface area contributed by atoms with Gasteiger partial charge in [0.05, 0.1) is 18.8 Å². The SMILES string of the molecule is O=C(CSc1nnc(CN2CCCCC2)n1Cc1ccccc1)NCc1cccc(Cl)c1. The van der Waals surface area contributed by atoms with Gasteiger partial charge in [0, 0.05) is 11.6 Å². The minimum absolute atomic E-state index is 0.0400. The quantitative estimate of drug-likeness (QED) is 0.471. The van der Waals surface area contributed by atoms with Crippen LogP contribution in [0.3, 0.4) is 0 Å². The summed E-state index contributed by atoms with van der Waals surface area (Å²) in [7, 11) is 0. The second-order valence-electron chi connectivity index (χ2n) is 8.00. The molecular weight excluding hydrogens is 442 g/mol. The van der Waals surface area contributed by atoms with Crippen molar-refractivity contribution in [1.29, 1.82) is 0 Å². The predicted octanol–water partition coefficient (Wildman–Crippen LogP) is 4.37. The van der Waals surface area contributed by atoms with Crippen molar-refractivity contribution in [3.05, 3.63) is 76.6 Å². The lowest BCUT2D eigenvalue weighted by molar-refractivity contribution is -0.118. The third-order valence-electron chi connectivity index (χ3n) is 5.50. The molecule has 32 heavy (non-hydrogen) atoms. The number of nitrogens with one attached hydrogen (secondary N) is 1. The second-order valence-corrected chi connectivity index (χ2v) is 9.38. The van der Waals surface area contributed by atoms with Crippen molar-refractivity contribution in [3.63, 3.8) is 0 Å². The summed E-state index contributed by atoms with van der Waals surface area (Å²) in [5, 5.41) is 13.3. The maximum absolute atomic E-state index is 12.4. The van der Waals surface area contributed by atoms with Gasteiger partial charge in [-0.25, -0.2) is 0 Å². The van der Waals surface area contributed by atoms with E-state index in [4.69, 9.17) is 11.6 Å². The van der Waals surface area contributed by atoms with E-state index in [2.05, 4.69) is 37.1 Å². The fourth-order valence-corrected chi connectivity index (χ4v) is 4.81. The van der Waals surface area contributed by atoms with Crippen LogP contribution in [0, 0.1) is 0 Å². The molecule has 168 valence electrons. The van der Waals surface area contributed by atoms with Gasteiger partial charge < -0.3 is 9.88 Å². The number of nitrogens with zero attached hydrogens (tertiary/aromatic N) is 4. The highest BCUT2D eigenvalue weighted by atomic mass is 35.5. The van der Waals surface area contributed by atoms with E-state index >= 15 is 0 Å². The van der Waals surface area contributed by atoms with Crippen LogP contribution in [0.2, 0.25) is 5.02 Å². The molecule has 0 aliphatic carbocycles. The Morgan fingerprint density at radius 1 is 0.969 bits per heavy atom. The molecule has 2 heterocycles. The first-order chi connectivity index (χ1) is 15.7. The van der Waals surface area contributed by atoms with Gasteiger partial charge in [0.15, 0.2) is 5.16 Å². The van der Waals surface area contributed by atoms with Gasteiger partial charge in [0.1, 0.15) is 5.82 Å². The minimum Gasteiger partial charge on any atom is -0.351 e. The third-order valence-corrected chi connectivity index (χ3v) is 6.70. The summed E-state index contributed by atoms with van der Waals surface area (Å²) in [5.74, 6) is 1.21. The molecule has 8 heteroatoms. The van der Waals surface area contributed by atoms with Gasteiger partial charge in [-0.1, -0.05) is 72.2 Å². The van der Waals surface area contributed by atoms with E-state index in [1.165, 1.54) is 36.6 Å². The molecule has 1 aliphatic heterocycles. The highest BCUT2D eigenvalue weighted by molar-refractivity contribution is 7.99. The van der Waals surface area contributed by atoms with Crippen molar-refractivity contribution >= 4 is 29.3 Å². The lowest BCUT2D eigenvalue weighted by Gasteiger charge is -2.26. The van der Waals surface area contributed by atoms with E-state index in [1.807, 2.05) is 42.5 Å². The number of carbonyl (C=O) groups is 1. The summed E-state index contributed by atoms with van der Waals surface area (Å²) < 4.78 is 2.15. The lowest BCUT2D eigenvalue weighted by atomic mass is 10.1. The van der Waals surface area contributed by atoms with Crippen LogP contribution in [0.1, 0.15) is 36.2 Å². The molecule has 1 N–H and O–H groups in total. The second kappa shape index (κ2) is 11.5. The van der Waals surface area contributed by atoms with Crippen molar-refractivity contribution in [2.24, 2.45) is 0 Å². The summed E-state index contributed by atoms with van der Waals surface area (Å²) in [6.45, 7) is 4.15. The topological polar surface area (TPSA) is 63.1 Å². The van der Waals surface area contributed by atoms with E-state index < -0.39 is 0 Å². The molecular formula is C24H28ClN5OS. The summed E-state index contributed by atoms with van der Waals surface area (Å²) in [6, 6.07) is 17.8. The first-order valence-corrected chi connectivity index (χ1v) is 12.4. The van der Waals surface area contributed by atoms with Gasteiger partial charge in [-0.15, -0.1) is 10.2 Å². The lowest BCUT2D eigenvalue weighted by Crippen LogP contribution is -2.30. The normalized spacial score (nSPS) is 14.4. The zero-order valence-electron chi connectivity index (χ0n) is 18.0. The number of rotatable bonds is 9. The summed E-state index contributed by atoms with van der Waals surface area (Å²) in [5.41, 5.74) is 2.17. The van der Waals surface area contributed by atoms with Crippen molar-refractivity contribution in [2.75, 3.05) is 18.8 Å². The molecule has 1 aromatic heterocycles. The fraction of sp³-hybridized carbons (Fsp3) is 0.375. The van der Waals surface area contributed by atoms with Gasteiger partial charge in [0.25, 0.3) is 0 Å². The maximum atomic E-state index is 12.4. The predicted molar refractivity (Wildman–Crippen MR) is 129 cm³/mol. The Morgan fingerprint density at radius 2 is 1.75 bits per heavy atom. The molecule has 0 saturated carbocycles.